The predicted molar refractivity (Wildman–Crippen MR) is 114 cm³/mol. The van der Waals surface area contributed by atoms with Crippen molar-refractivity contribution < 1.29 is 28.6 Å². The van der Waals surface area contributed by atoms with Crippen LogP contribution < -0.4 is 0 Å². The van der Waals surface area contributed by atoms with Gasteiger partial charge in [0.15, 0.2) is 17.4 Å². The number of carbonyl (C=O) groups excluding carboxylic acids is 1. The number of rotatable bonds is 4. The quantitative estimate of drug-likeness (QED) is 0.521. The van der Waals surface area contributed by atoms with E-state index in [0.29, 0.717) is 5.02 Å². The molecule has 5 nitrogen and oxygen atoms in total. The molecule has 0 aliphatic carbocycles. The van der Waals surface area contributed by atoms with Gasteiger partial charge in [-0.05, 0) is 42.5 Å². The molecule has 0 amide bonds. The zero-order chi connectivity index (χ0) is 23.2. The van der Waals surface area contributed by atoms with Gasteiger partial charge < -0.3 is 10.2 Å². The van der Waals surface area contributed by atoms with Gasteiger partial charge in [-0.25, -0.2) is 8.78 Å². The second-order valence-corrected chi connectivity index (χ2v) is 9.16. The van der Waals surface area contributed by atoms with Gasteiger partial charge in [0.1, 0.15) is 0 Å². The fraction of sp³-hybridized carbons (Fsp3) is 0.304. The summed E-state index contributed by atoms with van der Waals surface area (Å²) in [6, 6.07) is 6.88. The van der Waals surface area contributed by atoms with E-state index in [1.807, 2.05) is 20.8 Å². The largest absolute Gasteiger partial charge is 0.503 e. The first-order chi connectivity index (χ1) is 14.3. The number of aliphatic carboxylic acids is 1. The number of hydrogen-bond acceptors (Lipinski definition) is 3. The van der Waals surface area contributed by atoms with Gasteiger partial charge in [-0.3, -0.25) is 14.2 Å². The van der Waals surface area contributed by atoms with Gasteiger partial charge in [0.05, 0.1) is 11.4 Å². The summed E-state index contributed by atoms with van der Waals surface area (Å²) in [5, 5.41) is 19.8. The van der Waals surface area contributed by atoms with Gasteiger partial charge in [0, 0.05) is 27.7 Å². The highest BCUT2D eigenvalue weighted by Crippen LogP contribution is 2.42. The Morgan fingerprint density at radius 1 is 1.19 bits per heavy atom. The first-order valence-electron chi connectivity index (χ1n) is 9.58. The normalized spacial score (nSPS) is 12.9. The smallest absolute Gasteiger partial charge is 0.311 e. The average molecular weight is 450 g/mol. The lowest BCUT2D eigenvalue weighted by atomic mass is 9.80. The maximum atomic E-state index is 15.1. The molecule has 3 rings (SSSR count). The Morgan fingerprint density at radius 3 is 2.39 bits per heavy atom. The molecule has 0 radical (unpaired) electrons. The molecule has 1 unspecified atom stereocenters. The minimum atomic E-state index is -1.30. The summed E-state index contributed by atoms with van der Waals surface area (Å²) in [4.78, 5) is 25.4. The number of phenolic OH excluding ortho intramolecular Hbond substituents is 1. The van der Waals surface area contributed by atoms with Crippen LogP contribution in [0.1, 0.15) is 54.7 Å². The number of carbonyl (C=O) groups is 2. The SMILES string of the molecule is Cc1c(C(CC(C)(C)C)C(=O)O)c2c(F)c(O)c(F)cc2n1C(=O)c1cccc(Cl)c1. The molecular formula is C23H22ClF2NO4. The highest BCUT2D eigenvalue weighted by Gasteiger charge is 2.35. The van der Waals surface area contributed by atoms with E-state index < -0.39 is 40.6 Å². The van der Waals surface area contributed by atoms with Crippen LogP contribution in [-0.4, -0.2) is 26.7 Å². The van der Waals surface area contributed by atoms with Crippen LogP contribution in [0.4, 0.5) is 8.78 Å². The first kappa shape index (κ1) is 22.7. The zero-order valence-electron chi connectivity index (χ0n) is 17.5. The standard InChI is InChI=1S/C23H22ClF2NO4/c1-11-17(14(22(30)31)10-23(2,3)4)18-16(9-15(25)20(28)19(18)26)27(11)21(29)12-6-5-7-13(24)8-12/h5-9,14,28H,10H2,1-4H3,(H,30,31). The van der Waals surface area contributed by atoms with E-state index >= 15 is 4.39 Å². The molecule has 0 aliphatic heterocycles. The van der Waals surface area contributed by atoms with Crippen molar-refractivity contribution >= 4 is 34.4 Å². The fourth-order valence-electron chi connectivity index (χ4n) is 3.87. The minimum absolute atomic E-state index is 0.0283. The lowest BCUT2D eigenvalue weighted by Crippen LogP contribution is -2.21. The van der Waals surface area contributed by atoms with E-state index in [1.165, 1.54) is 19.1 Å². The monoisotopic (exact) mass is 449 g/mol. The number of nitrogens with zero attached hydrogens (tertiary/aromatic N) is 1. The number of aromatic hydroxyl groups is 1. The number of fused-ring (bicyclic) bond motifs is 1. The van der Waals surface area contributed by atoms with Gasteiger partial charge in [-0.1, -0.05) is 38.4 Å². The molecule has 1 atom stereocenters. The Balaban J connectivity index is 2.41. The first-order valence-corrected chi connectivity index (χ1v) is 9.96. The van der Waals surface area contributed by atoms with Gasteiger partial charge in [0.2, 0.25) is 0 Å². The van der Waals surface area contributed by atoms with E-state index in [4.69, 9.17) is 11.6 Å². The second-order valence-electron chi connectivity index (χ2n) is 8.72. The Morgan fingerprint density at radius 2 is 1.84 bits per heavy atom. The summed E-state index contributed by atoms with van der Waals surface area (Å²) < 4.78 is 30.4. The van der Waals surface area contributed by atoms with Crippen LogP contribution in [0.5, 0.6) is 5.75 Å². The van der Waals surface area contributed by atoms with Crippen LogP contribution in [0, 0.1) is 24.0 Å². The van der Waals surface area contributed by atoms with Crippen LogP contribution in [-0.2, 0) is 4.79 Å². The lowest BCUT2D eigenvalue weighted by molar-refractivity contribution is -0.139. The van der Waals surface area contributed by atoms with E-state index in [9.17, 15) is 24.2 Å². The summed E-state index contributed by atoms with van der Waals surface area (Å²) in [6.45, 7) is 6.98. The van der Waals surface area contributed by atoms with Crippen molar-refractivity contribution in [3.05, 3.63) is 63.8 Å². The molecule has 0 fully saturated rings. The summed E-state index contributed by atoms with van der Waals surface area (Å²) in [5.41, 5.74) is -0.262. The molecule has 2 N–H and O–H groups in total. The van der Waals surface area contributed by atoms with Crippen molar-refractivity contribution in [2.75, 3.05) is 0 Å². The van der Waals surface area contributed by atoms with Crippen LogP contribution in [0.3, 0.4) is 0 Å². The number of carboxylic acid groups (broad SMARTS) is 1. The Bertz CT molecular complexity index is 1210. The summed E-state index contributed by atoms with van der Waals surface area (Å²) in [7, 11) is 0. The number of aromatic nitrogens is 1. The minimum Gasteiger partial charge on any atom is -0.503 e. The lowest BCUT2D eigenvalue weighted by Gasteiger charge is -2.24. The van der Waals surface area contributed by atoms with Crippen molar-refractivity contribution in [2.45, 2.75) is 40.0 Å². The van der Waals surface area contributed by atoms with Crippen molar-refractivity contribution in [3.8, 4) is 5.75 Å². The van der Waals surface area contributed by atoms with Crippen LogP contribution >= 0.6 is 11.6 Å². The van der Waals surface area contributed by atoms with Crippen LogP contribution in [0.2, 0.25) is 5.02 Å². The zero-order valence-corrected chi connectivity index (χ0v) is 18.2. The van der Waals surface area contributed by atoms with Crippen LogP contribution in [0.25, 0.3) is 10.9 Å². The van der Waals surface area contributed by atoms with Gasteiger partial charge in [0.25, 0.3) is 5.91 Å². The molecule has 2 aromatic carbocycles. The fourth-order valence-corrected chi connectivity index (χ4v) is 4.07. The van der Waals surface area contributed by atoms with Crippen molar-refractivity contribution in [1.82, 2.24) is 4.57 Å². The Hall–Kier alpha value is -2.93. The molecule has 31 heavy (non-hydrogen) atoms. The molecule has 0 saturated heterocycles. The molecule has 3 aromatic rings. The molecule has 0 aliphatic rings. The van der Waals surface area contributed by atoms with Crippen molar-refractivity contribution in [3.63, 3.8) is 0 Å². The van der Waals surface area contributed by atoms with E-state index in [2.05, 4.69) is 0 Å². The summed E-state index contributed by atoms with van der Waals surface area (Å²) >= 11 is 5.98. The number of carboxylic acids is 1. The third-order valence-corrected chi connectivity index (χ3v) is 5.38. The summed E-state index contributed by atoms with van der Waals surface area (Å²) in [5.74, 6) is -6.80. The van der Waals surface area contributed by atoms with E-state index in [1.54, 1.807) is 12.1 Å². The second kappa shape index (κ2) is 7.96. The molecule has 1 heterocycles. The molecule has 0 spiro atoms. The molecule has 0 bridgehead atoms. The van der Waals surface area contributed by atoms with Crippen LogP contribution in [0.15, 0.2) is 30.3 Å². The summed E-state index contributed by atoms with van der Waals surface area (Å²) in [6.07, 6.45) is 0.130. The van der Waals surface area contributed by atoms with Crippen molar-refractivity contribution in [1.29, 1.82) is 0 Å². The van der Waals surface area contributed by atoms with Gasteiger partial charge >= 0.3 is 5.97 Å². The molecule has 164 valence electrons. The Labute approximate surface area is 182 Å². The number of benzene rings is 2. The van der Waals surface area contributed by atoms with E-state index in [0.717, 1.165) is 10.6 Å². The molecule has 8 heteroatoms. The topological polar surface area (TPSA) is 79.5 Å². The maximum absolute atomic E-state index is 15.1. The average Bonchev–Trinajstić information content (AvgIpc) is 2.94. The Kier molecular flexibility index (Phi) is 5.84. The van der Waals surface area contributed by atoms with Gasteiger partial charge in [-0.2, -0.15) is 0 Å². The number of hydrogen-bond donors (Lipinski definition) is 2. The van der Waals surface area contributed by atoms with Crippen molar-refractivity contribution in [2.24, 2.45) is 5.41 Å². The predicted octanol–water partition coefficient (Wildman–Crippen LogP) is 5.88. The highest BCUT2D eigenvalue weighted by atomic mass is 35.5. The number of phenols is 1. The van der Waals surface area contributed by atoms with Gasteiger partial charge in [-0.15, -0.1) is 0 Å². The maximum Gasteiger partial charge on any atom is 0.311 e. The third kappa shape index (κ3) is 4.14. The van der Waals surface area contributed by atoms with E-state index in [-0.39, 0.29) is 34.1 Å². The molecule has 1 aromatic heterocycles. The molecule has 0 saturated carbocycles. The third-order valence-electron chi connectivity index (χ3n) is 5.15. The molecular weight excluding hydrogens is 428 g/mol. The number of halogens is 3. The highest BCUT2D eigenvalue weighted by molar-refractivity contribution is 6.31.